The minimum absolute atomic E-state index is 0.209. The summed E-state index contributed by atoms with van der Waals surface area (Å²) in [6.45, 7) is 7.70. The highest BCUT2D eigenvalue weighted by molar-refractivity contribution is 5.60. The van der Waals surface area contributed by atoms with Crippen LogP contribution in [0.4, 0.5) is 0 Å². The maximum atomic E-state index is 5.50. The van der Waals surface area contributed by atoms with Gasteiger partial charge in [0.15, 0.2) is 6.79 Å². The van der Waals surface area contributed by atoms with Crippen molar-refractivity contribution in [3.8, 4) is 11.5 Å². The highest BCUT2D eigenvalue weighted by Gasteiger charge is 2.09. The molecule has 1 aromatic rings. The van der Waals surface area contributed by atoms with Gasteiger partial charge in [-0.2, -0.15) is 0 Å². The van der Waals surface area contributed by atoms with Gasteiger partial charge in [-0.25, -0.2) is 0 Å². The normalized spacial score (nSPS) is 9.76. The van der Waals surface area contributed by atoms with Crippen LogP contribution in [0.25, 0.3) is 6.08 Å². The molecule has 92 valence electrons. The number of methoxy groups -OCH3 is 2. The van der Waals surface area contributed by atoms with Crippen LogP contribution in [0.3, 0.4) is 0 Å². The van der Waals surface area contributed by atoms with Gasteiger partial charge >= 0.3 is 0 Å². The molecule has 0 aliphatic carbocycles. The number of rotatable bonds is 7. The third-order valence-corrected chi connectivity index (χ3v) is 2.33. The summed E-state index contributed by atoms with van der Waals surface area (Å²) in [5, 5.41) is 0. The molecule has 0 aliphatic rings. The lowest BCUT2D eigenvalue weighted by Gasteiger charge is -2.13. The van der Waals surface area contributed by atoms with Crippen LogP contribution in [-0.2, 0) is 11.2 Å². The Labute approximate surface area is 102 Å². The zero-order valence-electron chi connectivity index (χ0n) is 10.4. The van der Waals surface area contributed by atoms with Gasteiger partial charge in [-0.3, -0.25) is 0 Å². The Hall–Kier alpha value is -1.74. The van der Waals surface area contributed by atoms with E-state index < -0.39 is 0 Å². The van der Waals surface area contributed by atoms with E-state index in [0.717, 1.165) is 29.0 Å². The van der Waals surface area contributed by atoms with Crippen molar-refractivity contribution in [1.29, 1.82) is 0 Å². The van der Waals surface area contributed by atoms with Gasteiger partial charge in [0.25, 0.3) is 0 Å². The molecule has 0 bridgehead atoms. The molecule has 1 rings (SSSR count). The molecule has 0 N–H and O–H groups in total. The highest BCUT2D eigenvalue weighted by atomic mass is 16.7. The first-order chi connectivity index (χ1) is 8.26. The molecule has 0 aliphatic heterocycles. The third kappa shape index (κ3) is 3.36. The highest BCUT2D eigenvalue weighted by Crippen LogP contribution is 2.30. The van der Waals surface area contributed by atoms with Crippen molar-refractivity contribution in [2.45, 2.75) is 6.42 Å². The van der Waals surface area contributed by atoms with Crippen molar-refractivity contribution >= 4 is 6.08 Å². The van der Waals surface area contributed by atoms with Crippen LogP contribution in [0.1, 0.15) is 11.1 Å². The van der Waals surface area contributed by atoms with Gasteiger partial charge in [-0.05, 0) is 18.1 Å². The number of hydrogen-bond acceptors (Lipinski definition) is 3. The average Bonchev–Trinajstić information content (AvgIpc) is 2.37. The van der Waals surface area contributed by atoms with E-state index in [4.69, 9.17) is 14.2 Å². The largest absolute Gasteiger partial charge is 0.496 e. The Balaban J connectivity index is 3.14. The Bertz CT molecular complexity index is 397. The van der Waals surface area contributed by atoms with Crippen molar-refractivity contribution in [3.63, 3.8) is 0 Å². The molecule has 3 heteroatoms. The molecule has 0 saturated heterocycles. The lowest BCUT2D eigenvalue weighted by Crippen LogP contribution is -2.02. The van der Waals surface area contributed by atoms with Gasteiger partial charge in [-0.15, -0.1) is 6.58 Å². The summed E-state index contributed by atoms with van der Waals surface area (Å²) in [5.41, 5.74) is 1.97. The van der Waals surface area contributed by atoms with Gasteiger partial charge in [0.2, 0.25) is 0 Å². The molecule has 0 radical (unpaired) electrons. The molecule has 0 saturated carbocycles. The topological polar surface area (TPSA) is 27.7 Å². The minimum Gasteiger partial charge on any atom is -0.496 e. The second-order valence-electron chi connectivity index (χ2n) is 3.45. The summed E-state index contributed by atoms with van der Waals surface area (Å²) >= 11 is 0. The van der Waals surface area contributed by atoms with Crippen molar-refractivity contribution in [3.05, 3.63) is 42.5 Å². The van der Waals surface area contributed by atoms with E-state index in [2.05, 4.69) is 13.2 Å². The lowest BCUT2D eigenvalue weighted by atomic mass is 10.1. The van der Waals surface area contributed by atoms with Gasteiger partial charge in [-0.1, -0.05) is 18.7 Å². The van der Waals surface area contributed by atoms with Crippen LogP contribution in [0.2, 0.25) is 0 Å². The Morgan fingerprint density at radius 3 is 2.47 bits per heavy atom. The molecule has 0 amide bonds. The van der Waals surface area contributed by atoms with Crippen molar-refractivity contribution in [2.75, 3.05) is 21.0 Å². The Morgan fingerprint density at radius 1 is 1.18 bits per heavy atom. The van der Waals surface area contributed by atoms with Crippen molar-refractivity contribution in [2.24, 2.45) is 0 Å². The van der Waals surface area contributed by atoms with E-state index in [1.165, 1.54) is 0 Å². The number of hydrogen-bond donors (Lipinski definition) is 0. The van der Waals surface area contributed by atoms with Crippen molar-refractivity contribution in [1.82, 2.24) is 0 Å². The zero-order chi connectivity index (χ0) is 12.7. The first kappa shape index (κ1) is 13.3. The minimum atomic E-state index is 0.209. The molecule has 1 aromatic carbocycles. The van der Waals surface area contributed by atoms with Gasteiger partial charge in [0.05, 0.1) is 7.11 Å². The fourth-order valence-electron chi connectivity index (χ4n) is 1.53. The maximum Gasteiger partial charge on any atom is 0.188 e. The van der Waals surface area contributed by atoms with Crippen LogP contribution in [0.5, 0.6) is 11.5 Å². The Kier molecular flexibility index (Phi) is 5.30. The Morgan fingerprint density at radius 2 is 1.94 bits per heavy atom. The van der Waals surface area contributed by atoms with Crippen molar-refractivity contribution < 1.29 is 14.2 Å². The standard InChI is InChI=1S/C14H18O3/c1-5-7-12-8-11(6-2)13(16-4)9-14(12)17-10-15-3/h5-6,8-9H,1-2,7,10H2,3-4H3. The summed E-state index contributed by atoms with van der Waals surface area (Å²) in [5.74, 6) is 1.48. The molecular weight excluding hydrogens is 216 g/mol. The van der Waals surface area contributed by atoms with Gasteiger partial charge in [0, 0.05) is 18.7 Å². The van der Waals surface area contributed by atoms with E-state index in [-0.39, 0.29) is 6.79 Å². The van der Waals surface area contributed by atoms with E-state index in [0.29, 0.717) is 0 Å². The summed E-state index contributed by atoms with van der Waals surface area (Å²) in [6.07, 6.45) is 4.31. The van der Waals surface area contributed by atoms with E-state index in [1.54, 1.807) is 20.3 Å². The van der Waals surface area contributed by atoms with E-state index >= 15 is 0 Å². The fourth-order valence-corrected chi connectivity index (χ4v) is 1.53. The van der Waals surface area contributed by atoms with Crippen LogP contribution < -0.4 is 9.47 Å². The SMILES string of the molecule is C=CCc1cc(C=C)c(OC)cc1OCOC. The molecule has 0 aromatic heterocycles. The maximum absolute atomic E-state index is 5.50. The molecule has 0 atom stereocenters. The quantitative estimate of drug-likeness (QED) is 0.536. The summed E-state index contributed by atoms with van der Waals surface area (Å²) in [7, 11) is 3.21. The lowest BCUT2D eigenvalue weighted by molar-refractivity contribution is 0.0503. The summed E-state index contributed by atoms with van der Waals surface area (Å²) in [4.78, 5) is 0. The van der Waals surface area contributed by atoms with Gasteiger partial charge < -0.3 is 14.2 Å². The van der Waals surface area contributed by atoms with E-state index in [1.807, 2.05) is 18.2 Å². The molecule has 0 spiro atoms. The molecule has 0 fully saturated rings. The molecule has 17 heavy (non-hydrogen) atoms. The second kappa shape index (κ2) is 6.76. The van der Waals surface area contributed by atoms with Gasteiger partial charge in [0.1, 0.15) is 11.5 Å². The third-order valence-electron chi connectivity index (χ3n) is 2.33. The second-order valence-corrected chi connectivity index (χ2v) is 3.45. The monoisotopic (exact) mass is 234 g/mol. The molecule has 0 unspecified atom stereocenters. The predicted molar refractivity (Wildman–Crippen MR) is 69.5 cm³/mol. The van der Waals surface area contributed by atoms with Crippen LogP contribution >= 0.6 is 0 Å². The first-order valence-corrected chi connectivity index (χ1v) is 5.32. The van der Waals surface area contributed by atoms with Crippen LogP contribution in [-0.4, -0.2) is 21.0 Å². The summed E-state index contributed by atoms with van der Waals surface area (Å²) < 4.78 is 15.7. The fraction of sp³-hybridized carbons (Fsp3) is 0.286. The van der Waals surface area contributed by atoms with Crippen LogP contribution in [0, 0.1) is 0 Å². The number of allylic oxidation sites excluding steroid dienone is 1. The predicted octanol–water partition coefficient (Wildman–Crippen LogP) is 3.05. The first-order valence-electron chi connectivity index (χ1n) is 5.32. The smallest absolute Gasteiger partial charge is 0.188 e. The molecule has 3 nitrogen and oxygen atoms in total. The van der Waals surface area contributed by atoms with Crippen LogP contribution in [0.15, 0.2) is 31.4 Å². The number of benzene rings is 1. The molecule has 0 heterocycles. The average molecular weight is 234 g/mol. The zero-order valence-corrected chi connectivity index (χ0v) is 10.4. The summed E-state index contributed by atoms with van der Waals surface area (Å²) in [6, 6.07) is 3.83. The van der Waals surface area contributed by atoms with E-state index in [9.17, 15) is 0 Å². The number of ether oxygens (including phenoxy) is 3. The molecular formula is C14H18O3.